The first kappa shape index (κ1) is 112. The number of nitrogens with two attached hydrogens (primary N) is 3. The lowest BCUT2D eigenvalue weighted by molar-refractivity contribution is -0.229. The molecule has 9 unspecified atom stereocenters. The minimum atomic E-state index is -5.60. The van der Waals surface area contributed by atoms with Crippen molar-refractivity contribution in [2.45, 2.75) is 148 Å². The number of amides is 12. The van der Waals surface area contributed by atoms with Crippen LogP contribution in [0.25, 0.3) is 0 Å². The largest absolute Gasteiger partial charge is 0.472 e. The van der Waals surface area contributed by atoms with Gasteiger partial charge in [-0.3, -0.25) is 122 Å². The molecule has 26 atom stereocenters. The number of carbonyl (C=O) groups is 9. The van der Waals surface area contributed by atoms with Crippen molar-refractivity contribution in [2.75, 3.05) is 237 Å². The number of carbonyl (C=O) groups excluding carboxylic acids is 9. The van der Waals surface area contributed by atoms with Gasteiger partial charge in [0.1, 0.15) is 90.4 Å². The number of phosphoric acid groups is 2. The van der Waals surface area contributed by atoms with Crippen LogP contribution in [-0.2, 0) is 127 Å². The number of guanidine groups is 3. The molecule has 147 heavy (non-hydrogen) atoms. The topological polar surface area (TPSA) is 820 Å². The summed E-state index contributed by atoms with van der Waals surface area (Å²) in [5.41, 5.74) is 10.8. The molecule has 15 rings (SSSR count). The summed E-state index contributed by atoms with van der Waals surface area (Å²) in [6.07, 6.45) is -15.7. The molecule has 9 fully saturated rings. The first-order chi connectivity index (χ1) is 70.2. The van der Waals surface area contributed by atoms with Crippen LogP contribution in [0.15, 0.2) is 44.9 Å². The fraction of sp³-hybridized carbons (Fsp3) is 0.778. The van der Waals surface area contributed by atoms with E-state index >= 15 is 0 Å². The molecule has 0 bridgehead atoms. The number of nitrogens with zero attached hydrogens (tertiary/aromatic N) is 18. The lowest BCUT2D eigenvalue weighted by Crippen LogP contribution is -2.67. The molecule has 66 heteroatoms. The number of ether oxygens (including phenoxy) is 15. The van der Waals surface area contributed by atoms with E-state index < -0.39 is 260 Å². The smallest absolute Gasteiger partial charge is 0.393 e. The van der Waals surface area contributed by atoms with Gasteiger partial charge in [-0.15, -0.1) is 0 Å². The van der Waals surface area contributed by atoms with Crippen molar-refractivity contribution in [1.82, 2.24) is 60.0 Å². The van der Waals surface area contributed by atoms with Crippen LogP contribution in [0.1, 0.15) is 20.8 Å². The summed E-state index contributed by atoms with van der Waals surface area (Å²) < 4.78 is 142. The van der Waals surface area contributed by atoms with E-state index in [4.69, 9.17) is 106 Å². The quantitative estimate of drug-likeness (QED) is 0.0199. The first-order valence-electron chi connectivity index (χ1n) is 47.3. The van der Waals surface area contributed by atoms with E-state index in [1.165, 1.54) is 50.4 Å². The second kappa shape index (κ2) is 49.5. The first-order valence-corrected chi connectivity index (χ1v) is 50.3. The van der Waals surface area contributed by atoms with Gasteiger partial charge in [-0.25, -0.2) is 23.5 Å². The molecule has 64 nitrogen and oxygen atoms in total. The summed E-state index contributed by atoms with van der Waals surface area (Å²) in [4.78, 5) is 189. The van der Waals surface area contributed by atoms with Crippen LogP contribution in [0.5, 0.6) is 0 Å². The summed E-state index contributed by atoms with van der Waals surface area (Å²) in [7, 11) is -11.2. The fourth-order valence-corrected chi connectivity index (χ4v) is 19.9. The lowest BCUT2D eigenvalue weighted by Gasteiger charge is -2.50. The number of aliphatic imine (C=N–C) groups is 9. The van der Waals surface area contributed by atoms with Gasteiger partial charge in [-0.2, -0.15) is 30.0 Å². The third-order valence-corrected chi connectivity index (χ3v) is 27.7. The maximum absolute atomic E-state index is 14.8. The van der Waals surface area contributed by atoms with Crippen molar-refractivity contribution < 1.29 is 192 Å². The molecule has 818 valence electrons. The van der Waals surface area contributed by atoms with Crippen LogP contribution in [-0.4, -0.2) is 567 Å². The van der Waals surface area contributed by atoms with E-state index in [-0.39, 0.29) is 226 Å². The Morgan fingerprint density at radius 2 is 0.619 bits per heavy atom. The molecule has 15 aliphatic heterocycles. The summed E-state index contributed by atoms with van der Waals surface area (Å²) >= 11 is 0. The van der Waals surface area contributed by atoms with E-state index in [2.05, 4.69) is 60.9 Å². The Hall–Kier alpha value is -9.16. The van der Waals surface area contributed by atoms with Crippen molar-refractivity contribution in [3.63, 3.8) is 0 Å². The number of aliphatic hydroxyl groups is 8. The van der Waals surface area contributed by atoms with Gasteiger partial charge in [0, 0.05) is 78.5 Å². The predicted octanol–water partition coefficient (Wildman–Crippen LogP) is -12.6. The molecule has 0 aromatic rings. The number of hydrogen-bond donors (Lipinski definition) is 16. The van der Waals surface area contributed by atoms with Gasteiger partial charge in [0.25, 0.3) is 17.7 Å². The molecular weight excluding hydrogens is 2010 g/mol. The van der Waals surface area contributed by atoms with Crippen LogP contribution in [0.3, 0.4) is 0 Å². The third-order valence-electron chi connectivity index (χ3n) is 25.9. The summed E-state index contributed by atoms with van der Waals surface area (Å²) in [5, 5.41) is 94.9. The Balaban J connectivity index is 0.578. The number of imide groups is 3. The highest BCUT2D eigenvalue weighted by Crippen LogP contribution is 2.50. The van der Waals surface area contributed by atoms with Crippen LogP contribution in [0.4, 0.5) is 14.4 Å². The van der Waals surface area contributed by atoms with Gasteiger partial charge in [0.15, 0.2) is 54.3 Å². The fourth-order valence-electron chi connectivity index (χ4n) is 18.1. The average Bonchev–Trinajstić information content (AvgIpc) is 1.76. The number of urea groups is 3. The van der Waals surface area contributed by atoms with E-state index in [0.717, 1.165) is 4.90 Å². The highest BCUT2D eigenvalue weighted by Gasteiger charge is 2.58. The molecule has 15 heterocycles. The van der Waals surface area contributed by atoms with Crippen LogP contribution in [0, 0.1) is 17.8 Å². The van der Waals surface area contributed by atoms with Gasteiger partial charge >= 0.3 is 33.7 Å². The molecule has 9 saturated heterocycles. The highest BCUT2D eigenvalue weighted by atomic mass is 31.2. The zero-order valence-corrected chi connectivity index (χ0v) is 82.0. The standard InChI is InChI=1S/C81H124N24O40P2/c1-43-22-100(76(120)94-64(43)114)49-25-97(4-7-127-10-13-130-16-19-133-28-46-55(108)58(111)70(140-46)103-40-85-52-61(103)88-73(82)91-67(52)117)31-79(34-106,143-49)36-136-146(123,124)138-38-81(33-99(27-51(145-81)102-24-45(3)66(116)96-78(102)122)6-9-129-12-15-132-18-21-135-30-48-57(110)60(113)72(142-48)105-42-87-54-63(105)90-75(84)93-69(54)119)39-139-147(125,126)137-37-80(35-107)32-98(26-50(144-80)101-23-44(2)65(115)95-77(101)121)5-8-128-11-14-131-17-20-134-29-47-56(109)59(112)71(141-47)104-41-86-53-62(104)89-74(83)92-68(53)118/h40-60,70-72,106-113H,4-39H2,1-3H3,(H,123,124)(H,125,126)(H2,82,91,117)(H2,83,92,118)(H2,84,93,119)(H,94,114,120)(H,95,115,121)(H,96,116,122)/t43?,44?,45?,46-,47-,48-,49-,50-,51-,52?,53?,54?,55-,56-,57-,58-,59-,60-,70-,71-,72-,79-,80+,81?/m1/s1. The Morgan fingerprint density at radius 1 is 0.367 bits per heavy atom. The molecule has 0 radical (unpaired) electrons. The van der Waals surface area contributed by atoms with Crippen LogP contribution < -0.4 is 33.2 Å². The zero-order valence-electron chi connectivity index (χ0n) is 80.2. The summed E-state index contributed by atoms with van der Waals surface area (Å²) in [5.74, 6) is -6.96. The number of rotatable bonds is 53. The predicted molar refractivity (Wildman–Crippen MR) is 492 cm³/mol. The average molecular weight is 2140 g/mol. The van der Waals surface area contributed by atoms with Crippen molar-refractivity contribution in [3.8, 4) is 0 Å². The van der Waals surface area contributed by atoms with E-state index in [1.54, 1.807) is 28.5 Å². The van der Waals surface area contributed by atoms with Gasteiger partial charge in [-0.1, -0.05) is 20.8 Å². The maximum Gasteiger partial charge on any atom is 0.472 e. The molecule has 0 spiro atoms. The van der Waals surface area contributed by atoms with Crippen LogP contribution >= 0.6 is 15.6 Å². The number of fused-ring (bicyclic) bond motifs is 3. The molecule has 0 aromatic carbocycles. The Kier molecular flexibility index (Phi) is 37.7. The minimum Gasteiger partial charge on any atom is -0.393 e. The SMILES string of the molecule is CC1CN([C@H]2CN(CCOCCOCCOC[C@H]3O[C@@H](N4C=NC5C(=O)N=C(N)N=C54)[C@H](O)[C@@H]3O)CC(COP(=O)(O)OC[C@@]3(CO)CN(CCOCCOCCOC[C@H]4O[C@@H](N5C=NC6C(=O)N=C(N)N=C65)[C@H](O)[C@@H]4O)C[C@H](N4CC(C)C(=O)NC4=O)O3)(COP(=O)(O)OC[C@]3(CO)CN(CCOCCOCCOC[C@H]4O[C@@H](N5C=NC6C(=O)N=C(N)N=C65)[C@H](O)[C@@H]4O)C[C@H](N4CC(C)C(=O)NC4=O)O3)O2)C(=O)NC1=O. The van der Waals surface area contributed by atoms with Crippen molar-refractivity contribution in [3.05, 3.63) is 0 Å². The van der Waals surface area contributed by atoms with E-state index in [9.17, 15) is 103 Å². The zero-order chi connectivity index (χ0) is 105. The van der Waals surface area contributed by atoms with Crippen molar-refractivity contribution >= 4 is 124 Å². The Morgan fingerprint density at radius 3 is 0.898 bits per heavy atom. The Bertz CT molecular complexity index is 4900. The lowest BCUT2D eigenvalue weighted by atomic mass is 10.0. The number of aliphatic hydroxyl groups excluding tert-OH is 8. The van der Waals surface area contributed by atoms with E-state index in [1.807, 2.05) is 0 Å². The molecule has 0 aromatic heterocycles. The molecule has 15 aliphatic rings. The highest BCUT2D eigenvalue weighted by molar-refractivity contribution is 7.47. The number of nitrogens with one attached hydrogen (secondary N) is 3. The second-order valence-corrected chi connectivity index (χ2v) is 39.9. The van der Waals surface area contributed by atoms with E-state index in [0.29, 0.717) is 0 Å². The molecular formula is C81H124N24O40P2. The van der Waals surface area contributed by atoms with Gasteiger partial charge in [-0.05, 0) is 0 Å². The molecule has 12 amide bonds. The summed E-state index contributed by atoms with van der Waals surface area (Å²) in [6.45, 7) is -4.24. The summed E-state index contributed by atoms with van der Waals surface area (Å²) in [6, 6.07) is -5.95. The molecule has 0 saturated carbocycles. The molecule has 0 aliphatic carbocycles. The number of phosphoric ester groups is 2. The van der Waals surface area contributed by atoms with Crippen molar-refractivity contribution in [2.24, 2.45) is 79.9 Å². The number of amidine groups is 3. The maximum atomic E-state index is 14.8. The van der Waals surface area contributed by atoms with Gasteiger partial charge in [0.05, 0.1) is 195 Å². The Labute approximate surface area is 837 Å². The van der Waals surface area contributed by atoms with Crippen molar-refractivity contribution in [1.29, 1.82) is 0 Å². The monoisotopic (exact) mass is 2130 g/mol. The minimum absolute atomic E-state index is 0.00721. The van der Waals surface area contributed by atoms with Gasteiger partial charge in [0.2, 0.25) is 35.6 Å². The van der Waals surface area contributed by atoms with Gasteiger partial charge < -0.3 is 139 Å². The molecule has 19 N–H and O–H groups in total. The third kappa shape index (κ3) is 27.5. The number of morpholine rings is 3. The second-order valence-electron chi connectivity index (χ2n) is 37.0. The number of hydrogen-bond acceptors (Lipinski definition) is 53. The normalized spacial score (nSPS) is 34.7. The van der Waals surface area contributed by atoms with Crippen LogP contribution in [0.2, 0.25) is 0 Å².